The van der Waals surface area contributed by atoms with E-state index >= 15 is 0 Å². The third-order valence-corrected chi connectivity index (χ3v) is 3.56. The van der Waals surface area contributed by atoms with Gasteiger partial charge in [0.25, 0.3) is 0 Å². The Labute approximate surface area is 121 Å². The van der Waals surface area contributed by atoms with Gasteiger partial charge in [-0.05, 0) is 35.9 Å². The molecule has 0 aliphatic heterocycles. The molecule has 5 heteroatoms. The van der Waals surface area contributed by atoms with E-state index in [1.54, 1.807) is 25.2 Å². The molecule has 2 rings (SSSR count). The number of halogens is 3. The first-order valence-corrected chi connectivity index (χ1v) is 6.54. The van der Waals surface area contributed by atoms with Crippen LogP contribution in [0.15, 0.2) is 42.5 Å². The van der Waals surface area contributed by atoms with E-state index < -0.39 is 5.82 Å². The summed E-state index contributed by atoms with van der Waals surface area (Å²) in [6, 6.07) is 10.1. The van der Waals surface area contributed by atoms with Crippen molar-refractivity contribution in [3.63, 3.8) is 0 Å². The predicted molar refractivity (Wildman–Crippen MR) is 78.0 cm³/mol. The number of anilines is 1. The zero-order valence-corrected chi connectivity index (χ0v) is 11.7. The van der Waals surface area contributed by atoms with Crippen LogP contribution in [0.5, 0.6) is 0 Å². The van der Waals surface area contributed by atoms with Crippen molar-refractivity contribution in [2.45, 2.75) is 6.04 Å². The average molecular weight is 297 g/mol. The van der Waals surface area contributed by atoms with Crippen molar-refractivity contribution in [2.24, 2.45) is 5.73 Å². The van der Waals surface area contributed by atoms with Gasteiger partial charge < -0.3 is 10.6 Å². The van der Waals surface area contributed by atoms with Gasteiger partial charge in [-0.1, -0.05) is 23.7 Å². The smallest absolute Gasteiger partial charge is 0.125 e. The van der Waals surface area contributed by atoms with Gasteiger partial charge in [-0.15, -0.1) is 0 Å². The molecule has 0 aromatic heterocycles. The van der Waals surface area contributed by atoms with Crippen molar-refractivity contribution in [1.82, 2.24) is 0 Å². The molecular formula is C15H15ClF2N2. The van der Waals surface area contributed by atoms with Crippen molar-refractivity contribution < 1.29 is 8.78 Å². The lowest BCUT2D eigenvalue weighted by Gasteiger charge is -2.30. The van der Waals surface area contributed by atoms with E-state index in [0.29, 0.717) is 16.3 Å². The summed E-state index contributed by atoms with van der Waals surface area (Å²) in [5.41, 5.74) is 7.19. The summed E-state index contributed by atoms with van der Waals surface area (Å²) in [6.45, 7) is 0.276. The van der Waals surface area contributed by atoms with E-state index in [9.17, 15) is 8.78 Å². The molecule has 2 aromatic carbocycles. The van der Waals surface area contributed by atoms with Crippen LogP contribution in [0.4, 0.5) is 14.5 Å². The second kappa shape index (κ2) is 6.20. The number of hydrogen-bond donors (Lipinski definition) is 1. The number of likely N-dealkylation sites (N-methyl/N-ethyl adjacent to an activating group) is 1. The highest BCUT2D eigenvalue weighted by atomic mass is 35.5. The van der Waals surface area contributed by atoms with Gasteiger partial charge in [0.15, 0.2) is 0 Å². The number of nitrogens with two attached hydrogens (primary N) is 1. The van der Waals surface area contributed by atoms with Gasteiger partial charge in [0, 0.05) is 24.3 Å². The predicted octanol–water partition coefficient (Wildman–Crippen LogP) is 3.75. The van der Waals surface area contributed by atoms with Gasteiger partial charge in [0.05, 0.1) is 6.04 Å². The summed E-state index contributed by atoms with van der Waals surface area (Å²) in [4.78, 5) is 1.82. The molecule has 1 atom stereocenters. The number of rotatable bonds is 4. The minimum atomic E-state index is -0.400. The third-order valence-electron chi connectivity index (χ3n) is 3.23. The maximum atomic E-state index is 13.3. The van der Waals surface area contributed by atoms with Crippen LogP contribution < -0.4 is 10.6 Å². The molecule has 20 heavy (non-hydrogen) atoms. The minimum Gasteiger partial charge on any atom is -0.366 e. The van der Waals surface area contributed by atoms with Crippen LogP contribution in [0.25, 0.3) is 0 Å². The lowest BCUT2D eigenvalue weighted by molar-refractivity contribution is 0.619. The maximum Gasteiger partial charge on any atom is 0.125 e. The first kappa shape index (κ1) is 14.8. The standard InChI is InChI=1S/C15H15ClF2N2/c1-20(12-4-2-3-10(17)7-12)15(9-19)13-6-5-11(18)8-14(13)16/h2-8,15H,9,19H2,1H3. The molecular weight excluding hydrogens is 282 g/mol. The Kier molecular flexibility index (Phi) is 4.57. The molecule has 0 heterocycles. The Bertz CT molecular complexity index is 604. The van der Waals surface area contributed by atoms with Gasteiger partial charge in [-0.2, -0.15) is 0 Å². The van der Waals surface area contributed by atoms with Gasteiger partial charge >= 0.3 is 0 Å². The highest BCUT2D eigenvalue weighted by molar-refractivity contribution is 6.31. The average Bonchev–Trinajstić information content (AvgIpc) is 2.41. The topological polar surface area (TPSA) is 29.3 Å². The molecule has 2 aromatic rings. The molecule has 2 N–H and O–H groups in total. The molecule has 0 saturated carbocycles. The fourth-order valence-corrected chi connectivity index (χ4v) is 2.43. The SMILES string of the molecule is CN(c1cccc(F)c1)C(CN)c1ccc(F)cc1Cl. The molecule has 0 radical (unpaired) electrons. The molecule has 0 spiro atoms. The lowest BCUT2D eigenvalue weighted by atomic mass is 10.0. The van der Waals surface area contributed by atoms with Gasteiger partial charge in [0.2, 0.25) is 0 Å². The summed E-state index contributed by atoms with van der Waals surface area (Å²) in [5, 5.41) is 0.309. The quantitative estimate of drug-likeness (QED) is 0.931. The highest BCUT2D eigenvalue weighted by Gasteiger charge is 2.19. The largest absolute Gasteiger partial charge is 0.366 e. The molecule has 0 aliphatic rings. The van der Waals surface area contributed by atoms with Crippen LogP contribution in [0.1, 0.15) is 11.6 Å². The summed E-state index contributed by atoms with van der Waals surface area (Å²) in [5.74, 6) is -0.724. The third kappa shape index (κ3) is 3.08. The van der Waals surface area contributed by atoms with Crippen molar-refractivity contribution in [2.75, 3.05) is 18.5 Å². The molecule has 0 aliphatic carbocycles. The Balaban J connectivity index is 2.36. The van der Waals surface area contributed by atoms with Crippen LogP contribution in [0, 0.1) is 11.6 Å². The van der Waals surface area contributed by atoms with Gasteiger partial charge in [-0.3, -0.25) is 0 Å². The van der Waals surface area contributed by atoms with Gasteiger partial charge in [0.1, 0.15) is 11.6 Å². The Morgan fingerprint density at radius 2 is 1.85 bits per heavy atom. The summed E-state index contributed by atoms with van der Waals surface area (Å²) in [6.07, 6.45) is 0. The van der Waals surface area contributed by atoms with Crippen LogP contribution in [0.2, 0.25) is 5.02 Å². The molecule has 0 bridgehead atoms. The van der Waals surface area contributed by atoms with E-state index in [-0.39, 0.29) is 18.4 Å². The molecule has 0 fully saturated rings. The van der Waals surface area contributed by atoms with E-state index in [2.05, 4.69) is 0 Å². The zero-order valence-electron chi connectivity index (χ0n) is 11.0. The number of hydrogen-bond acceptors (Lipinski definition) is 2. The Morgan fingerprint density at radius 3 is 2.45 bits per heavy atom. The van der Waals surface area contributed by atoms with Crippen molar-refractivity contribution >= 4 is 17.3 Å². The first-order chi connectivity index (χ1) is 9.52. The molecule has 106 valence electrons. The van der Waals surface area contributed by atoms with E-state index in [0.717, 1.165) is 0 Å². The highest BCUT2D eigenvalue weighted by Crippen LogP contribution is 2.30. The maximum absolute atomic E-state index is 13.3. The molecule has 0 saturated heterocycles. The minimum absolute atomic E-state index is 0.259. The zero-order chi connectivity index (χ0) is 14.7. The van der Waals surface area contributed by atoms with E-state index in [1.165, 1.54) is 24.3 Å². The summed E-state index contributed by atoms with van der Waals surface area (Å²) in [7, 11) is 1.80. The van der Waals surface area contributed by atoms with Crippen LogP contribution in [-0.2, 0) is 0 Å². The molecule has 0 amide bonds. The van der Waals surface area contributed by atoms with E-state index in [1.807, 2.05) is 4.90 Å². The van der Waals surface area contributed by atoms with E-state index in [4.69, 9.17) is 17.3 Å². The normalized spacial score (nSPS) is 12.2. The van der Waals surface area contributed by atoms with Crippen molar-refractivity contribution in [1.29, 1.82) is 0 Å². The molecule has 2 nitrogen and oxygen atoms in total. The van der Waals surface area contributed by atoms with Crippen molar-refractivity contribution in [3.05, 3.63) is 64.7 Å². The second-order valence-electron chi connectivity index (χ2n) is 4.51. The summed E-state index contributed by atoms with van der Waals surface area (Å²) < 4.78 is 26.4. The van der Waals surface area contributed by atoms with Crippen LogP contribution >= 0.6 is 11.6 Å². The Hall–Kier alpha value is -1.65. The number of benzene rings is 2. The number of nitrogens with zero attached hydrogens (tertiary/aromatic N) is 1. The fourth-order valence-electron chi connectivity index (χ4n) is 2.14. The first-order valence-electron chi connectivity index (χ1n) is 6.16. The van der Waals surface area contributed by atoms with Gasteiger partial charge in [-0.25, -0.2) is 8.78 Å². The van der Waals surface area contributed by atoms with Crippen molar-refractivity contribution in [3.8, 4) is 0 Å². The monoisotopic (exact) mass is 296 g/mol. The fraction of sp³-hybridized carbons (Fsp3) is 0.200. The summed E-state index contributed by atoms with van der Waals surface area (Å²) >= 11 is 6.07. The lowest BCUT2D eigenvalue weighted by Crippen LogP contribution is -2.30. The second-order valence-corrected chi connectivity index (χ2v) is 4.92. The molecule has 1 unspecified atom stereocenters. The van der Waals surface area contributed by atoms with Crippen LogP contribution in [0.3, 0.4) is 0 Å². The Morgan fingerprint density at radius 1 is 1.15 bits per heavy atom. The van der Waals surface area contributed by atoms with Crippen LogP contribution in [-0.4, -0.2) is 13.6 Å².